The molecule has 29 heavy (non-hydrogen) atoms. The molecule has 152 valence electrons. The zero-order valence-electron chi connectivity index (χ0n) is 16.3. The van der Waals surface area contributed by atoms with Crippen LogP contribution < -0.4 is 0 Å². The van der Waals surface area contributed by atoms with Gasteiger partial charge in [-0.2, -0.15) is 9.57 Å². The summed E-state index contributed by atoms with van der Waals surface area (Å²) >= 11 is 0. The summed E-state index contributed by atoms with van der Waals surface area (Å²) in [5, 5.41) is 20.0. The zero-order valence-corrected chi connectivity index (χ0v) is 17.1. The maximum Gasteiger partial charge on any atom is 0.271 e. The third-order valence-corrected chi connectivity index (χ3v) is 7.28. The highest BCUT2D eigenvalue weighted by atomic mass is 32.2. The van der Waals surface area contributed by atoms with Crippen LogP contribution in [0.2, 0.25) is 0 Å². The lowest BCUT2D eigenvalue weighted by Gasteiger charge is -2.34. The monoisotopic (exact) mass is 414 g/mol. The van der Waals surface area contributed by atoms with E-state index in [-0.39, 0.29) is 10.6 Å². The van der Waals surface area contributed by atoms with Crippen molar-refractivity contribution in [3.05, 3.63) is 68.8 Å². The van der Waals surface area contributed by atoms with Crippen molar-refractivity contribution in [3.8, 4) is 6.07 Å². The number of non-ortho nitro benzene ring substituents is 1. The standard InChI is InChI=1S/C20H22N4O4S/c1-15-11-19(24(25)26)12-20(16(15)2)29(27,28)23-9-7-22(8-10-23)14-18-5-3-17(13-21)4-6-18/h3-6,11-12H,7-10,14H2,1-2H3. The Labute approximate surface area is 170 Å². The molecule has 1 aliphatic heterocycles. The van der Waals surface area contributed by atoms with Gasteiger partial charge in [0.1, 0.15) is 0 Å². The normalized spacial score (nSPS) is 15.8. The molecule has 1 heterocycles. The predicted octanol–water partition coefficient (Wildman–Crippen LogP) is 2.59. The molecule has 0 aromatic heterocycles. The fraction of sp³-hybridized carbons (Fsp3) is 0.350. The second kappa shape index (κ2) is 8.29. The lowest BCUT2D eigenvalue weighted by Crippen LogP contribution is -2.48. The molecule has 3 rings (SSSR count). The van der Waals surface area contributed by atoms with Gasteiger partial charge in [-0.15, -0.1) is 0 Å². The Bertz CT molecular complexity index is 1070. The zero-order chi connectivity index (χ0) is 21.2. The Morgan fingerprint density at radius 2 is 1.72 bits per heavy atom. The third kappa shape index (κ3) is 4.45. The molecular formula is C20H22N4O4S. The number of nitro groups is 1. The maximum atomic E-state index is 13.1. The van der Waals surface area contributed by atoms with Crippen molar-refractivity contribution in [1.29, 1.82) is 5.26 Å². The van der Waals surface area contributed by atoms with Gasteiger partial charge in [0, 0.05) is 44.9 Å². The van der Waals surface area contributed by atoms with Crippen molar-refractivity contribution in [3.63, 3.8) is 0 Å². The number of aryl methyl sites for hydroxylation is 1. The Kier molecular flexibility index (Phi) is 5.98. The molecule has 9 heteroatoms. The van der Waals surface area contributed by atoms with Crippen LogP contribution in [-0.2, 0) is 16.6 Å². The van der Waals surface area contributed by atoms with E-state index in [2.05, 4.69) is 11.0 Å². The number of nitro benzene ring substituents is 1. The number of sulfonamides is 1. The number of hydrogen-bond donors (Lipinski definition) is 0. The number of benzene rings is 2. The van der Waals surface area contributed by atoms with Gasteiger partial charge >= 0.3 is 0 Å². The predicted molar refractivity (Wildman–Crippen MR) is 108 cm³/mol. The minimum atomic E-state index is -3.81. The van der Waals surface area contributed by atoms with E-state index in [0.29, 0.717) is 49.4 Å². The van der Waals surface area contributed by atoms with Gasteiger partial charge in [-0.25, -0.2) is 8.42 Å². The molecule has 0 aliphatic carbocycles. The molecule has 0 amide bonds. The molecule has 0 spiro atoms. The summed E-state index contributed by atoms with van der Waals surface area (Å²) < 4.78 is 27.6. The van der Waals surface area contributed by atoms with Crippen molar-refractivity contribution in [2.24, 2.45) is 0 Å². The van der Waals surface area contributed by atoms with E-state index in [9.17, 15) is 18.5 Å². The van der Waals surface area contributed by atoms with Crippen molar-refractivity contribution < 1.29 is 13.3 Å². The first-order valence-electron chi connectivity index (χ1n) is 9.19. The van der Waals surface area contributed by atoms with Gasteiger partial charge in [0.05, 0.1) is 21.5 Å². The average molecular weight is 414 g/mol. The minimum Gasteiger partial charge on any atom is -0.296 e. The lowest BCUT2D eigenvalue weighted by molar-refractivity contribution is -0.385. The number of nitrogens with zero attached hydrogens (tertiary/aromatic N) is 4. The van der Waals surface area contributed by atoms with Crippen LogP contribution in [0.3, 0.4) is 0 Å². The molecule has 8 nitrogen and oxygen atoms in total. The van der Waals surface area contributed by atoms with E-state index in [1.807, 2.05) is 12.1 Å². The molecule has 1 fully saturated rings. The van der Waals surface area contributed by atoms with E-state index < -0.39 is 14.9 Å². The molecule has 0 bridgehead atoms. The van der Waals surface area contributed by atoms with Crippen LogP contribution in [0.1, 0.15) is 22.3 Å². The van der Waals surface area contributed by atoms with E-state index in [1.54, 1.807) is 26.0 Å². The van der Waals surface area contributed by atoms with Crippen molar-refractivity contribution >= 4 is 15.7 Å². The Balaban J connectivity index is 1.73. The number of rotatable bonds is 5. The Morgan fingerprint density at radius 3 is 2.28 bits per heavy atom. The van der Waals surface area contributed by atoms with E-state index in [1.165, 1.54) is 10.4 Å². The fourth-order valence-corrected chi connectivity index (χ4v) is 5.13. The van der Waals surface area contributed by atoms with Crippen molar-refractivity contribution in [2.75, 3.05) is 26.2 Å². The van der Waals surface area contributed by atoms with Gasteiger partial charge in [-0.3, -0.25) is 15.0 Å². The molecule has 0 unspecified atom stereocenters. The summed E-state index contributed by atoms with van der Waals surface area (Å²) in [4.78, 5) is 12.7. The minimum absolute atomic E-state index is 0.00439. The van der Waals surface area contributed by atoms with Crippen LogP contribution in [0.5, 0.6) is 0 Å². The van der Waals surface area contributed by atoms with E-state index >= 15 is 0 Å². The summed E-state index contributed by atoms with van der Waals surface area (Å²) in [5.41, 5.74) is 2.57. The van der Waals surface area contributed by atoms with Crippen LogP contribution in [0.15, 0.2) is 41.3 Å². The van der Waals surface area contributed by atoms with Gasteiger partial charge in [0.2, 0.25) is 10.0 Å². The summed E-state index contributed by atoms with van der Waals surface area (Å²) in [6, 6.07) is 12.0. The highest BCUT2D eigenvalue weighted by molar-refractivity contribution is 7.89. The summed E-state index contributed by atoms with van der Waals surface area (Å²) in [5.74, 6) is 0. The maximum absolute atomic E-state index is 13.1. The molecule has 0 atom stereocenters. The second-order valence-electron chi connectivity index (χ2n) is 7.13. The van der Waals surface area contributed by atoms with Crippen LogP contribution in [0, 0.1) is 35.3 Å². The number of hydrogen-bond acceptors (Lipinski definition) is 6. The van der Waals surface area contributed by atoms with Gasteiger partial charge in [-0.1, -0.05) is 12.1 Å². The largest absolute Gasteiger partial charge is 0.296 e. The molecule has 2 aromatic rings. The molecule has 0 N–H and O–H groups in total. The summed E-state index contributed by atoms with van der Waals surface area (Å²) in [7, 11) is -3.81. The van der Waals surface area contributed by atoms with Crippen LogP contribution in [0.4, 0.5) is 5.69 Å². The van der Waals surface area contributed by atoms with E-state index in [4.69, 9.17) is 5.26 Å². The second-order valence-corrected chi connectivity index (χ2v) is 9.04. The smallest absolute Gasteiger partial charge is 0.271 e. The van der Waals surface area contributed by atoms with Crippen LogP contribution in [0.25, 0.3) is 0 Å². The molecule has 0 radical (unpaired) electrons. The number of piperazine rings is 1. The van der Waals surface area contributed by atoms with Gasteiger partial charge in [-0.05, 0) is 42.7 Å². The van der Waals surface area contributed by atoms with Crippen LogP contribution in [-0.4, -0.2) is 48.7 Å². The summed E-state index contributed by atoms with van der Waals surface area (Å²) in [6.45, 7) is 5.79. The van der Waals surface area contributed by atoms with Gasteiger partial charge < -0.3 is 0 Å². The van der Waals surface area contributed by atoms with Gasteiger partial charge in [0.15, 0.2) is 0 Å². The average Bonchev–Trinajstić information content (AvgIpc) is 2.70. The highest BCUT2D eigenvalue weighted by Gasteiger charge is 2.31. The van der Waals surface area contributed by atoms with Crippen molar-refractivity contribution in [2.45, 2.75) is 25.3 Å². The quantitative estimate of drug-likeness (QED) is 0.550. The van der Waals surface area contributed by atoms with Crippen molar-refractivity contribution in [1.82, 2.24) is 9.21 Å². The Hall–Kier alpha value is -2.80. The van der Waals surface area contributed by atoms with E-state index in [0.717, 1.165) is 11.6 Å². The number of nitriles is 1. The third-order valence-electron chi connectivity index (χ3n) is 5.25. The first-order valence-corrected chi connectivity index (χ1v) is 10.6. The highest BCUT2D eigenvalue weighted by Crippen LogP contribution is 2.28. The molecule has 1 saturated heterocycles. The first-order chi connectivity index (χ1) is 13.7. The topological polar surface area (TPSA) is 108 Å². The Morgan fingerprint density at radius 1 is 1.10 bits per heavy atom. The summed E-state index contributed by atoms with van der Waals surface area (Å²) in [6.07, 6.45) is 0. The molecular weight excluding hydrogens is 392 g/mol. The molecule has 1 aliphatic rings. The lowest BCUT2D eigenvalue weighted by atomic mass is 10.1. The van der Waals surface area contributed by atoms with Gasteiger partial charge in [0.25, 0.3) is 5.69 Å². The SMILES string of the molecule is Cc1cc([N+](=O)[O-])cc(S(=O)(=O)N2CCN(Cc3ccc(C#N)cc3)CC2)c1C. The molecule has 2 aromatic carbocycles. The molecule has 0 saturated carbocycles. The fourth-order valence-electron chi connectivity index (χ4n) is 3.39. The van der Waals surface area contributed by atoms with Crippen LogP contribution >= 0.6 is 0 Å². The first kappa shape index (κ1) is 20.9.